The molecule has 0 heterocycles. The lowest BCUT2D eigenvalue weighted by Crippen LogP contribution is -2.37. The molecule has 2 N–H and O–H groups in total. The molecule has 1 rings (SSSR count). The first kappa shape index (κ1) is 9.23. The minimum Gasteiger partial charge on any atom is -0.360 e. The lowest BCUT2D eigenvalue weighted by Gasteiger charge is -2.26. The summed E-state index contributed by atoms with van der Waals surface area (Å²) in [6.45, 7) is 2.01. The second kappa shape index (κ2) is 3.70. The Morgan fingerprint density at radius 3 is 2.33 bits per heavy atom. The molecule has 1 aromatic rings. The smallest absolute Gasteiger partial charge is 0.142 e. The van der Waals surface area contributed by atoms with Gasteiger partial charge in [0.2, 0.25) is 0 Å². The summed E-state index contributed by atoms with van der Waals surface area (Å²) >= 11 is 0. The first-order chi connectivity index (χ1) is 5.73. The van der Waals surface area contributed by atoms with Gasteiger partial charge in [-0.15, -0.1) is 0 Å². The monoisotopic (exact) mass is 165 g/mol. The topological polar surface area (TPSA) is 35.2 Å². The average Bonchev–Trinajstić information content (AvgIpc) is 2.18. The van der Waals surface area contributed by atoms with E-state index in [1.807, 2.05) is 37.3 Å². The minimum absolute atomic E-state index is 0.624. The third-order valence-electron chi connectivity index (χ3n) is 2.15. The maximum Gasteiger partial charge on any atom is 0.142 e. The lowest BCUT2D eigenvalue weighted by atomic mass is 10.0. The van der Waals surface area contributed by atoms with Crippen LogP contribution in [-0.2, 0) is 10.5 Å². The number of hydrogen-bond donors (Lipinski definition) is 1. The van der Waals surface area contributed by atoms with E-state index >= 15 is 0 Å². The number of methoxy groups -OCH3 is 1. The van der Waals surface area contributed by atoms with Crippen molar-refractivity contribution >= 4 is 0 Å². The van der Waals surface area contributed by atoms with Crippen LogP contribution in [0.5, 0.6) is 0 Å². The molecule has 2 nitrogen and oxygen atoms in total. The second-order valence-corrected chi connectivity index (χ2v) is 2.81. The van der Waals surface area contributed by atoms with Crippen molar-refractivity contribution in [1.82, 2.24) is 0 Å². The van der Waals surface area contributed by atoms with Gasteiger partial charge in [-0.3, -0.25) is 5.73 Å². The fourth-order valence-corrected chi connectivity index (χ4v) is 1.19. The normalized spacial score (nSPS) is 15.6. The van der Waals surface area contributed by atoms with E-state index in [9.17, 15) is 0 Å². The van der Waals surface area contributed by atoms with E-state index in [-0.39, 0.29) is 0 Å². The second-order valence-electron chi connectivity index (χ2n) is 2.81. The Balaban J connectivity index is 2.95. The summed E-state index contributed by atoms with van der Waals surface area (Å²) in [5, 5.41) is 0. The van der Waals surface area contributed by atoms with E-state index < -0.39 is 5.72 Å². The summed E-state index contributed by atoms with van der Waals surface area (Å²) in [5.41, 5.74) is 6.40. The summed E-state index contributed by atoms with van der Waals surface area (Å²) in [4.78, 5) is 0. The van der Waals surface area contributed by atoms with Crippen LogP contribution >= 0.6 is 0 Å². The fraction of sp³-hybridized carbons (Fsp3) is 0.400. The van der Waals surface area contributed by atoms with Gasteiger partial charge in [0, 0.05) is 7.11 Å². The van der Waals surface area contributed by atoms with Crippen molar-refractivity contribution in [2.24, 2.45) is 5.73 Å². The zero-order chi connectivity index (χ0) is 9.03. The predicted octanol–water partition coefficient (Wildman–Crippen LogP) is 1.85. The molecule has 0 saturated heterocycles. The van der Waals surface area contributed by atoms with Crippen LogP contribution in [0.4, 0.5) is 0 Å². The van der Waals surface area contributed by atoms with Crippen LogP contribution in [-0.4, -0.2) is 7.11 Å². The number of hydrogen-bond acceptors (Lipinski definition) is 2. The van der Waals surface area contributed by atoms with Gasteiger partial charge in [-0.2, -0.15) is 0 Å². The molecule has 2 heteroatoms. The van der Waals surface area contributed by atoms with E-state index in [4.69, 9.17) is 10.5 Å². The Bertz CT molecular complexity index is 229. The number of ether oxygens (including phenoxy) is 1. The van der Waals surface area contributed by atoms with Crippen LogP contribution in [0.25, 0.3) is 0 Å². The average molecular weight is 165 g/mol. The molecule has 0 radical (unpaired) electrons. The Morgan fingerprint density at radius 2 is 1.92 bits per heavy atom. The van der Waals surface area contributed by atoms with Gasteiger partial charge in [-0.05, 0) is 12.0 Å². The highest BCUT2D eigenvalue weighted by Crippen LogP contribution is 2.21. The fourth-order valence-electron chi connectivity index (χ4n) is 1.19. The Hall–Kier alpha value is -0.860. The van der Waals surface area contributed by atoms with E-state index in [1.165, 1.54) is 0 Å². The van der Waals surface area contributed by atoms with Crippen molar-refractivity contribution in [1.29, 1.82) is 0 Å². The van der Waals surface area contributed by atoms with Gasteiger partial charge in [0.25, 0.3) is 0 Å². The molecule has 0 amide bonds. The van der Waals surface area contributed by atoms with E-state index in [2.05, 4.69) is 0 Å². The predicted molar refractivity (Wildman–Crippen MR) is 49.6 cm³/mol. The molecule has 0 aliphatic heterocycles. The quantitative estimate of drug-likeness (QED) is 0.694. The maximum atomic E-state index is 6.00. The van der Waals surface area contributed by atoms with Gasteiger partial charge in [-0.25, -0.2) is 0 Å². The molecule has 0 aliphatic carbocycles. The molecule has 0 aliphatic rings. The number of nitrogens with two attached hydrogens (primary N) is 1. The van der Waals surface area contributed by atoms with Crippen LogP contribution < -0.4 is 5.73 Å². The largest absolute Gasteiger partial charge is 0.360 e. The molecule has 12 heavy (non-hydrogen) atoms. The van der Waals surface area contributed by atoms with Crippen molar-refractivity contribution in [3.8, 4) is 0 Å². The highest BCUT2D eigenvalue weighted by molar-refractivity contribution is 5.21. The highest BCUT2D eigenvalue weighted by Gasteiger charge is 2.23. The first-order valence-electron chi connectivity index (χ1n) is 4.12. The SMILES string of the molecule is CCC(N)(OC)c1ccccc1. The maximum absolute atomic E-state index is 6.00. The van der Waals surface area contributed by atoms with E-state index in [0.29, 0.717) is 0 Å². The molecule has 1 aromatic carbocycles. The van der Waals surface area contributed by atoms with Gasteiger partial charge in [-0.1, -0.05) is 37.3 Å². The van der Waals surface area contributed by atoms with Crippen molar-refractivity contribution in [3.63, 3.8) is 0 Å². The minimum atomic E-state index is -0.624. The molecule has 0 aromatic heterocycles. The van der Waals surface area contributed by atoms with Crippen LogP contribution in [0, 0.1) is 0 Å². The molecule has 1 unspecified atom stereocenters. The van der Waals surface area contributed by atoms with Crippen molar-refractivity contribution in [3.05, 3.63) is 35.9 Å². The number of rotatable bonds is 3. The third-order valence-corrected chi connectivity index (χ3v) is 2.15. The Kier molecular flexibility index (Phi) is 2.84. The van der Waals surface area contributed by atoms with Gasteiger partial charge in [0.1, 0.15) is 5.72 Å². The molecule has 1 atom stereocenters. The van der Waals surface area contributed by atoms with Crippen LogP contribution in [0.2, 0.25) is 0 Å². The Labute approximate surface area is 73.3 Å². The summed E-state index contributed by atoms with van der Waals surface area (Å²) in [6.07, 6.45) is 0.771. The van der Waals surface area contributed by atoms with Gasteiger partial charge in [0.05, 0.1) is 0 Å². The summed E-state index contributed by atoms with van der Waals surface area (Å²) in [5.74, 6) is 0. The first-order valence-corrected chi connectivity index (χ1v) is 4.12. The van der Waals surface area contributed by atoms with E-state index in [1.54, 1.807) is 7.11 Å². The zero-order valence-electron chi connectivity index (χ0n) is 7.58. The Morgan fingerprint density at radius 1 is 1.33 bits per heavy atom. The summed E-state index contributed by atoms with van der Waals surface area (Å²) < 4.78 is 5.25. The van der Waals surface area contributed by atoms with Gasteiger partial charge >= 0.3 is 0 Å². The molecule has 0 spiro atoms. The molecular formula is C10H15NO. The van der Waals surface area contributed by atoms with Crippen molar-refractivity contribution in [2.75, 3.05) is 7.11 Å². The molecule has 0 bridgehead atoms. The third kappa shape index (κ3) is 1.65. The zero-order valence-corrected chi connectivity index (χ0v) is 7.58. The van der Waals surface area contributed by atoms with Crippen LogP contribution in [0.3, 0.4) is 0 Å². The van der Waals surface area contributed by atoms with Crippen LogP contribution in [0.1, 0.15) is 18.9 Å². The lowest BCUT2D eigenvalue weighted by molar-refractivity contribution is -0.0129. The van der Waals surface area contributed by atoms with Crippen LogP contribution in [0.15, 0.2) is 30.3 Å². The molecule has 66 valence electrons. The molecule has 0 saturated carbocycles. The van der Waals surface area contributed by atoms with Gasteiger partial charge < -0.3 is 4.74 Å². The van der Waals surface area contributed by atoms with Gasteiger partial charge in [0.15, 0.2) is 0 Å². The summed E-state index contributed by atoms with van der Waals surface area (Å²) in [6, 6.07) is 9.85. The van der Waals surface area contributed by atoms with Crippen molar-refractivity contribution < 1.29 is 4.74 Å². The van der Waals surface area contributed by atoms with E-state index in [0.717, 1.165) is 12.0 Å². The molecule has 0 fully saturated rings. The van der Waals surface area contributed by atoms with Crippen molar-refractivity contribution in [2.45, 2.75) is 19.1 Å². The molecular weight excluding hydrogens is 150 g/mol. The highest BCUT2D eigenvalue weighted by atomic mass is 16.5. The standard InChI is InChI=1S/C10H15NO/c1-3-10(11,12-2)9-7-5-4-6-8-9/h4-8H,3,11H2,1-2H3. The summed E-state index contributed by atoms with van der Waals surface area (Å²) in [7, 11) is 1.64. The number of benzene rings is 1.